The molecular weight excluding hydrogens is 340 g/mol. The summed E-state index contributed by atoms with van der Waals surface area (Å²) in [6.07, 6.45) is 6.83. The van der Waals surface area contributed by atoms with E-state index in [1.807, 2.05) is 0 Å². The predicted molar refractivity (Wildman–Crippen MR) is 94.3 cm³/mol. The van der Waals surface area contributed by atoms with Crippen LogP contribution in [-0.2, 0) is 26.1 Å². The molecule has 1 fully saturated rings. The fourth-order valence-corrected chi connectivity index (χ4v) is 4.50. The third-order valence-corrected chi connectivity index (χ3v) is 6.49. The van der Waals surface area contributed by atoms with Gasteiger partial charge in [-0.2, -0.15) is 4.31 Å². The Morgan fingerprint density at radius 1 is 1.20 bits per heavy atom. The van der Waals surface area contributed by atoms with Gasteiger partial charge in [-0.1, -0.05) is 24.3 Å². The lowest BCUT2D eigenvalue weighted by Gasteiger charge is -2.26. The van der Waals surface area contributed by atoms with Crippen LogP contribution < -0.4 is 5.32 Å². The Kier molecular flexibility index (Phi) is 5.88. The Hall–Kier alpha value is -1.70. The number of nitrogens with zero attached hydrogens (tertiary/aromatic N) is 1. The van der Waals surface area contributed by atoms with Gasteiger partial charge in [0.2, 0.25) is 15.9 Å². The summed E-state index contributed by atoms with van der Waals surface area (Å²) < 4.78 is 31.8. The van der Waals surface area contributed by atoms with E-state index in [0.717, 1.165) is 18.4 Å². The van der Waals surface area contributed by atoms with Crippen molar-refractivity contribution in [1.82, 2.24) is 9.62 Å². The molecule has 0 saturated carbocycles. The molecule has 25 heavy (non-hydrogen) atoms. The van der Waals surface area contributed by atoms with Gasteiger partial charge < -0.3 is 10.1 Å². The zero-order valence-electron chi connectivity index (χ0n) is 14.2. The summed E-state index contributed by atoms with van der Waals surface area (Å²) in [4.78, 5) is 12.2. The van der Waals surface area contributed by atoms with Crippen LogP contribution in [0.4, 0.5) is 0 Å². The van der Waals surface area contributed by atoms with Gasteiger partial charge in [-0.05, 0) is 36.5 Å². The first kappa shape index (κ1) is 18.1. The molecule has 1 aromatic carbocycles. The van der Waals surface area contributed by atoms with E-state index < -0.39 is 10.0 Å². The van der Waals surface area contributed by atoms with E-state index in [-0.39, 0.29) is 10.8 Å². The maximum absolute atomic E-state index is 12.6. The number of amides is 1. The van der Waals surface area contributed by atoms with E-state index in [9.17, 15) is 13.2 Å². The number of carbonyl (C=O) groups excluding carboxylic acids is 1. The largest absolute Gasteiger partial charge is 0.379 e. The molecular formula is C18H24N2O4S. The van der Waals surface area contributed by atoms with Crippen molar-refractivity contribution in [3.05, 3.63) is 42.0 Å². The van der Waals surface area contributed by atoms with E-state index in [0.29, 0.717) is 45.2 Å². The highest BCUT2D eigenvalue weighted by molar-refractivity contribution is 7.89. The highest BCUT2D eigenvalue weighted by Crippen LogP contribution is 2.20. The minimum atomic E-state index is -3.47. The summed E-state index contributed by atoms with van der Waals surface area (Å²) in [7, 11) is -3.47. The molecule has 0 aromatic heterocycles. The highest BCUT2D eigenvalue weighted by atomic mass is 32.2. The van der Waals surface area contributed by atoms with E-state index in [2.05, 4.69) is 17.5 Å². The fraction of sp³-hybridized carbons (Fsp3) is 0.500. The van der Waals surface area contributed by atoms with Crippen LogP contribution in [0.3, 0.4) is 0 Å². The van der Waals surface area contributed by atoms with Gasteiger partial charge in [0.25, 0.3) is 0 Å². The van der Waals surface area contributed by atoms with Gasteiger partial charge in [0.1, 0.15) is 0 Å². The van der Waals surface area contributed by atoms with Crippen LogP contribution in [0.5, 0.6) is 0 Å². The molecule has 1 aromatic rings. The van der Waals surface area contributed by atoms with E-state index in [4.69, 9.17) is 4.74 Å². The number of benzene rings is 1. The first-order chi connectivity index (χ1) is 12.1. The Balaban J connectivity index is 1.54. The Morgan fingerprint density at radius 2 is 1.92 bits per heavy atom. The molecule has 3 rings (SSSR count). The van der Waals surface area contributed by atoms with Crippen LogP contribution in [0.1, 0.15) is 24.8 Å². The molecule has 1 amide bonds. The van der Waals surface area contributed by atoms with Crippen LogP contribution in [0, 0.1) is 5.92 Å². The number of ether oxygens (including phenoxy) is 1. The second-order valence-corrected chi connectivity index (χ2v) is 8.34. The molecule has 1 aliphatic carbocycles. The standard InChI is InChI=1S/C18H24N2O4S/c21-18(13-15-3-1-2-4-15)19-14-16-5-7-17(8-6-16)25(22,23)20-9-11-24-12-10-20/h1,3,5-8,15H,2,4,9-14H2,(H,19,21). The summed E-state index contributed by atoms with van der Waals surface area (Å²) in [6, 6.07) is 6.71. The van der Waals surface area contributed by atoms with Crippen molar-refractivity contribution >= 4 is 15.9 Å². The van der Waals surface area contributed by atoms with Crippen molar-refractivity contribution in [3.63, 3.8) is 0 Å². The van der Waals surface area contributed by atoms with Gasteiger partial charge in [0.15, 0.2) is 0 Å². The third kappa shape index (κ3) is 4.68. The van der Waals surface area contributed by atoms with Gasteiger partial charge in [0, 0.05) is 26.1 Å². The zero-order chi connectivity index (χ0) is 17.7. The minimum absolute atomic E-state index is 0.0292. The molecule has 1 saturated heterocycles. The third-order valence-electron chi connectivity index (χ3n) is 4.58. The molecule has 1 N–H and O–H groups in total. The number of hydrogen-bond acceptors (Lipinski definition) is 4. The number of sulfonamides is 1. The van der Waals surface area contributed by atoms with Gasteiger partial charge in [0.05, 0.1) is 18.1 Å². The molecule has 0 spiro atoms. The molecule has 1 unspecified atom stereocenters. The maximum atomic E-state index is 12.6. The first-order valence-corrected chi connectivity index (χ1v) is 10.1. The zero-order valence-corrected chi connectivity index (χ0v) is 15.0. The summed E-state index contributed by atoms with van der Waals surface area (Å²) in [6.45, 7) is 2.04. The SMILES string of the molecule is O=C(CC1C=CCC1)NCc1ccc(S(=O)(=O)N2CCOCC2)cc1. The molecule has 6 nitrogen and oxygen atoms in total. The number of hydrogen-bond donors (Lipinski definition) is 1. The van der Waals surface area contributed by atoms with Gasteiger partial charge in [-0.3, -0.25) is 4.79 Å². The predicted octanol–water partition coefficient (Wildman–Crippen LogP) is 1.68. The van der Waals surface area contributed by atoms with E-state index in [1.165, 1.54) is 4.31 Å². The van der Waals surface area contributed by atoms with Crippen LogP contribution in [0.25, 0.3) is 0 Å². The normalized spacial score (nSPS) is 21.4. The number of morpholine rings is 1. The van der Waals surface area contributed by atoms with Gasteiger partial charge >= 0.3 is 0 Å². The monoisotopic (exact) mass is 364 g/mol. The van der Waals surface area contributed by atoms with Crippen molar-refractivity contribution in [2.24, 2.45) is 5.92 Å². The van der Waals surface area contributed by atoms with Crippen molar-refractivity contribution < 1.29 is 17.9 Å². The van der Waals surface area contributed by atoms with Crippen LogP contribution in [0.15, 0.2) is 41.3 Å². The number of carbonyl (C=O) groups is 1. The van der Waals surface area contributed by atoms with Crippen LogP contribution in [0.2, 0.25) is 0 Å². The smallest absolute Gasteiger partial charge is 0.243 e. The first-order valence-electron chi connectivity index (χ1n) is 8.66. The lowest BCUT2D eigenvalue weighted by Crippen LogP contribution is -2.40. The molecule has 1 aliphatic heterocycles. The van der Waals surface area contributed by atoms with Crippen LogP contribution in [-0.4, -0.2) is 44.9 Å². The average molecular weight is 364 g/mol. The van der Waals surface area contributed by atoms with Crippen molar-refractivity contribution in [2.45, 2.75) is 30.7 Å². The molecule has 0 bridgehead atoms. The Morgan fingerprint density at radius 3 is 2.56 bits per heavy atom. The lowest BCUT2D eigenvalue weighted by molar-refractivity contribution is -0.121. The molecule has 2 aliphatic rings. The van der Waals surface area contributed by atoms with E-state index >= 15 is 0 Å². The topological polar surface area (TPSA) is 75.7 Å². The molecule has 1 atom stereocenters. The number of rotatable bonds is 6. The van der Waals surface area contributed by atoms with E-state index in [1.54, 1.807) is 24.3 Å². The molecule has 136 valence electrons. The summed E-state index contributed by atoms with van der Waals surface area (Å²) >= 11 is 0. The number of nitrogens with one attached hydrogen (secondary N) is 1. The van der Waals surface area contributed by atoms with Crippen molar-refractivity contribution in [1.29, 1.82) is 0 Å². The quantitative estimate of drug-likeness (QED) is 0.779. The Labute approximate surface area is 148 Å². The molecule has 0 radical (unpaired) electrons. The number of allylic oxidation sites excluding steroid dienone is 2. The molecule has 7 heteroatoms. The average Bonchev–Trinajstić information content (AvgIpc) is 3.14. The lowest BCUT2D eigenvalue weighted by atomic mass is 10.1. The second kappa shape index (κ2) is 8.12. The molecule has 1 heterocycles. The second-order valence-electron chi connectivity index (χ2n) is 6.41. The highest BCUT2D eigenvalue weighted by Gasteiger charge is 2.26. The van der Waals surface area contributed by atoms with Crippen molar-refractivity contribution in [2.75, 3.05) is 26.3 Å². The summed E-state index contributed by atoms with van der Waals surface area (Å²) in [5, 5.41) is 2.90. The van der Waals surface area contributed by atoms with Gasteiger partial charge in [-0.25, -0.2) is 8.42 Å². The van der Waals surface area contributed by atoms with Gasteiger partial charge in [-0.15, -0.1) is 0 Å². The van der Waals surface area contributed by atoms with Crippen LogP contribution >= 0.6 is 0 Å². The fourth-order valence-electron chi connectivity index (χ4n) is 3.09. The maximum Gasteiger partial charge on any atom is 0.243 e. The van der Waals surface area contributed by atoms with Crippen molar-refractivity contribution in [3.8, 4) is 0 Å². The minimum Gasteiger partial charge on any atom is -0.379 e. The summed E-state index contributed by atoms with van der Waals surface area (Å²) in [5.41, 5.74) is 0.885. The Bertz CT molecular complexity index is 722. The summed E-state index contributed by atoms with van der Waals surface area (Å²) in [5.74, 6) is 0.377.